The van der Waals surface area contributed by atoms with Crippen molar-refractivity contribution in [1.29, 1.82) is 0 Å². The molecule has 2 heterocycles. The lowest BCUT2D eigenvalue weighted by Crippen LogP contribution is -2.26. The Morgan fingerprint density at radius 1 is 0.750 bits per heavy atom. The Labute approximate surface area is 142 Å². The number of aromatic nitrogens is 2. The van der Waals surface area contributed by atoms with E-state index in [2.05, 4.69) is 34.5 Å². The Kier molecular flexibility index (Phi) is 4.28. The van der Waals surface area contributed by atoms with Crippen molar-refractivity contribution in [2.75, 3.05) is 23.3 Å². The molecule has 0 unspecified atom stereocenters. The van der Waals surface area contributed by atoms with Crippen LogP contribution in [0.3, 0.4) is 0 Å². The molecule has 0 amide bonds. The number of benzene rings is 2. The number of hydrogen-bond acceptors (Lipinski definition) is 4. The van der Waals surface area contributed by atoms with Crippen LogP contribution < -0.4 is 10.2 Å². The van der Waals surface area contributed by atoms with Crippen LogP contribution in [0, 0.1) is 0 Å². The fraction of sp³-hybridized carbons (Fsp3) is 0.300. The molecule has 122 valence electrons. The van der Waals surface area contributed by atoms with E-state index in [0.717, 1.165) is 41.4 Å². The molecule has 2 aromatic carbocycles. The van der Waals surface area contributed by atoms with Crippen molar-refractivity contribution in [1.82, 2.24) is 9.97 Å². The van der Waals surface area contributed by atoms with Crippen molar-refractivity contribution >= 4 is 28.4 Å². The maximum atomic E-state index is 4.87. The van der Waals surface area contributed by atoms with Crippen LogP contribution in [0.4, 0.5) is 17.5 Å². The molecule has 1 N–H and O–H groups in total. The molecule has 0 bridgehead atoms. The molecule has 0 spiro atoms. The van der Waals surface area contributed by atoms with Crippen molar-refractivity contribution in [2.24, 2.45) is 0 Å². The van der Waals surface area contributed by atoms with Crippen LogP contribution in [0.25, 0.3) is 10.9 Å². The zero-order chi connectivity index (χ0) is 16.2. The first-order valence-electron chi connectivity index (χ1n) is 8.74. The summed E-state index contributed by atoms with van der Waals surface area (Å²) in [7, 11) is 0. The highest BCUT2D eigenvalue weighted by Gasteiger charge is 2.15. The summed E-state index contributed by atoms with van der Waals surface area (Å²) in [5.41, 5.74) is 2.04. The van der Waals surface area contributed by atoms with Gasteiger partial charge in [0.05, 0.1) is 5.52 Å². The van der Waals surface area contributed by atoms with Crippen molar-refractivity contribution in [3.63, 3.8) is 0 Å². The summed E-state index contributed by atoms with van der Waals surface area (Å²) in [6.45, 7) is 2.09. The summed E-state index contributed by atoms with van der Waals surface area (Å²) in [6, 6.07) is 18.4. The van der Waals surface area contributed by atoms with Crippen LogP contribution in [0.2, 0.25) is 0 Å². The third kappa shape index (κ3) is 3.18. The second-order valence-corrected chi connectivity index (χ2v) is 6.28. The molecule has 4 heteroatoms. The number of anilines is 3. The maximum Gasteiger partial charge on any atom is 0.227 e. The lowest BCUT2D eigenvalue weighted by Gasteiger charge is -2.21. The highest BCUT2D eigenvalue weighted by molar-refractivity contribution is 5.91. The summed E-state index contributed by atoms with van der Waals surface area (Å²) in [4.78, 5) is 12.0. The Balaban J connectivity index is 1.75. The third-order valence-corrected chi connectivity index (χ3v) is 4.52. The van der Waals surface area contributed by atoms with Crippen LogP contribution in [0.1, 0.15) is 25.7 Å². The monoisotopic (exact) mass is 318 g/mol. The quantitative estimate of drug-likeness (QED) is 0.756. The van der Waals surface area contributed by atoms with E-state index in [4.69, 9.17) is 9.97 Å². The van der Waals surface area contributed by atoms with Crippen LogP contribution in [-0.4, -0.2) is 23.1 Å². The summed E-state index contributed by atoms with van der Waals surface area (Å²) >= 11 is 0. The minimum atomic E-state index is 0.842. The van der Waals surface area contributed by atoms with Gasteiger partial charge in [-0.05, 0) is 37.1 Å². The predicted molar refractivity (Wildman–Crippen MR) is 99.9 cm³/mol. The molecule has 1 saturated heterocycles. The average Bonchev–Trinajstić information content (AvgIpc) is 2.92. The third-order valence-electron chi connectivity index (χ3n) is 4.52. The molecule has 1 aromatic heterocycles. The number of nitrogens with zero attached hydrogens (tertiary/aromatic N) is 3. The molecule has 0 saturated carbocycles. The van der Waals surface area contributed by atoms with E-state index in [1.165, 1.54) is 25.7 Å². The molecular formula is C20H22N4. The predicted octanol–water partition coefficient (Wildman–Crippen LogP) is 4.75. The summed E-state index contributed by atoms with van der Waals surface area (Å²) in [5.74, 6) is 1.72. The first-order valence-corrected chi connectivity index (χ1v) is 8.74. The lowest BCUT2D eigenvalue weighted by molar-refractivity contribution is 0.726. The minimum absolute atomic E-state index is 0.842. The SMILES string of the molecule is c1ccc(Nc2nc(N3CCCCCC3)nc3ccccc23)cc1. The van der Waals surface area contributed by atoms with Gasteiger partial charge in [-0.3, -0.25) is 0 Å². The van der Waals surface area contributed by atoms with Crippen LogP contribution in [0.5, 0.6) is 0 Å². The Morgan fingerprint density at radius 2 is 1.46 bits per heavy atom. The molecule has 4 rings (SSSR count). The number of para-hydroxylation sites is 2. The van der Waals surface area contributed by atoms with Crippen molar-refractivity contribution in [2.45, 2.75) is 25.7 Å². The van der Waals surface area contributed by atoms with Crippen LogP contribution in [0.15, 0.2) is 54.6 Å². The highest BCUT2D eigenvalue weighted by Crippen LogP contribution is 2.27. The van der Waals surface area contributed by atoms with Crippen molar-refractivity contribution in [3.8, 4) is 0 Å². The maximum absolute atomic E-state index is 4.87. The molecule has 0 atom stereocenters. The van der Waals surface area contributed by atoms with Gasteiger partial charge in [-0.1, -0.05) is 43.2 Å². The molecule has 1 aliphatic rings. The summed E-state index contributed by atoms with van der Waals surface area (Å²) in [5, 5.41) is 4.52. The average molecular weight is 318 g/mol. The second-order valence-electron chi connectivity index (χ2n) is 6.28. The van der Waals surface area contributed by atoms with Crippen LogP contribution >= 0.6 is 0 Å². The van der Waals surface area contributed by atoms with E-state index < -0.39 is 0 Å². The highest BCUT2D eigenvalue weighted by atomic mass is 15.3. The van der Waals surface area contributed by atoms with E-state index in [1.807, 2.05) is 30.3 Å². The van der Waals surface area contributed by atoms with Gasteiger partial charge in [0.1, 0.15) is 5.82 Å². The second kappa shape index (κ2) is 6.87. The first kappa shape index (κ1) is 14.9. The number of rotatable bonds is 3. The topological polar surface area (TPSA) is 41.1 Å². The van der Waals surface area contributed by atoms with Gasteiger partial charge in [-0.15, -0.1) is 0 Å². The zero-order valence-corrected chi connectivity index (χ0v) is 13.8. The fourth-order valence-corrected chi connectivity index (χ4v) is 3.23. The number of hydrogen-bond donors (Lipinski definition) is 1. The Bertz CT molecular complexity index is 808. The van der Waals surface area contributed by atoms with Crippen LogP contribution in [-0.2, 0) is 0 Å². The zero-order valence-electron chi connectivity index (χ0n) is 13.8. The standard InChI is InChI=1S/C20H22N4/c1-2-9-15-24(14-8-1)20-22-18-13-7-6-12-17(18)19(23-20)21-16-10-4-3-5-11-16/h3-7,10-13H,1-2,8-9,14-15H2,(H,21,22,23). The van der Waals surface area contributed by atoms with Gasteiger partial charge in [0, 0.05) is 24.2 Å². The lowest BCUT2D eigenvalue weighted by atomic mass is 10.2. The Morgan fingerprint density at radius 3 is 2.25 bits per heavy atom. The molecule has 1 aliphatic heterocycles. The normalized spacial score (nSPS) is 15.2. The van der Waals surface area contributed by atoms with Gasteiger partial charge in [0.25, 0.3) is 0 Å². The van der Waals surface area contributed by atoms with Crippen molar-refractivity contribution < 1.29 is 0 Å². The summed E-state index contributed by atoms with van der Waals surface area (Å²) in [6.07, 6.45) is 5.05. The van der Waals surface area contributed by atoms with Gasteiger partial charge in [0.2, 0.25) is 5.95 Å². The molecule has 1 fully saturated rings. The molecule has 0 radical (unpaired) electrons. The molecule has 4 nitrogen and oxygen atoms in total. The molecule has 3 aromatic rings. The molecular weight excluding hydrogens is 296 g/mol. The van der Waals surface area contributed by atoms with E-state index in [0.29, 0.717) is 0 Å². The van der Waals surface area contributed by atoms with E-state index >= 15 is 0 Å². The van der Waals surface area contributed by atoms with Gasteiger partial charge in [0.15, 0.2) is 0 Å². The molecule has 0 aliphatic carbocycles. The molecule has 24 heavy (non-hydrogen) atoms. The minimum Gasteiger partial charge on any atom is -0.341 e. The van der Waals surface area contributed by atoms with Gasteiger partial charge < -0.3 is 10.2 Å². The smallest absolute Gasteiger partial charge is 0.227 e. The van der Waals surface area contributed by atoms with Crippen molar-refractivity contribution in [3.05, 3.63) is 54.6 Å². The summed E-state index contributed by atoms with van der Waals surface area (Å²) < 4.78 is 0. The van der Waals surface area contributed by atoms with Gasteiger partial charge in [-0.2, -0.15) is 4.98 Å². The fourth-order valence-electron chi connectivity index (χ4n) is 3.23. The van der Waals surface area contributed by atoms with E-state index in [9.17, 15) is 0 Å². The number of fused-ring (bicyclic) bond motifs is 1. The van der Waals surface area contributed by atoms with E-state index in [-0.39, 0.29) is 0 Å². The van der Waals surface area contributed by atoms with Gasteiger partial charge >= 0.3 is 0 Å². The van der Waals surface area contributed by atoms with E-state index in [1.54, 1.807) is 0 Å². The largest absolute Gasteiger partial charge is 0.341 e. The first-order chi connectivity index (χ1) is 11.9. The number of nitrogens with one attached hydrogen (secondary N) is 1. The Hall–Kier alpha value is -2.62. The van der Waals surface area contributed by atoms with Gasteiger partial charge in [-0.25, -0.2) is 4.98 Å².